The van der Waals surface area contributed by atoms with E-state index < -0.39 is 17.6 Å². The second kappa shape index (κ2) is 4.86. The van der Waals surface area contributed by atoms with Gasteiger partial charge in [-0.05, 0) is 24.3 Å². The van der Waals surface area contributed by atoms with Crippen molar-refractivity contribution in [3.63, 3.8) is 0 Å². The second-order valence-electron chi connectivity index (χ2n) is 4.29. The number of carboxylic acids is 1. The molecule has 0 aliphatic heterocycles. The monoisotopic (exact) mass is 289 g/mol. The van der Waals surface area contributed by atoms with Gasteiger partial charge >= 0.3 is 5.97 Å². The van der Waals surface area contributed by atoms with Gasteiger partial charge in [0.05, 0.1) is 5.69 Å². The van der Waals surface area contributed by atoms with Crippen LogP contribution in [0.15, 0.2) is 42.6 Å². The number of nitrogens with zero attached hydrogens (tertiary/aromatic N) is 2. The van der Waals surface area contributed by atoms with Crippen molar-refractivity contribution in [3.05, 3.63) is 59.9 Å². The van der Waals surface area contributed by atoms with Gasteiger partial charge in [0, 0.05) is 12.3 Å². The molecule has 1 aromatic carbocycles. The van der Waals surface area contributed by atoms with Crippen molar-refractivity contribution in [2.45, 2.75) is 0 Å². The molecule has 3 aromatic rings. The van der Waals surface area contributed by atoms with E-state index in [4.69, 9.17) is 0 Å². The fourth-order valence-electron chi connectivity index (χ4n) is 2.01. The third-order valence-corrected chi connectivity index (χ3v) is 2.91. The van der Waals surface area contributed by atoms with Crippen LogP contribution in [0.25, 0.3) is 5.65 Å². The Labute approximate surface area is 117 Å². The maximum Gasteiger partial charge on any atom is 0.356 e. The minimum atomic E-state index is -1.23. The van der Waals surface area contributed by atoms with Gasteiger partial charge in [-0.3, -0.25) is 4.40 Å². The molecule has 106 valence electrons. The zero-order valence-corrected chi connectivity index (χ0v) is 10.5. The van der Waals surface area contributed by atoms with Gasteiger partial charge in [-0.15, -0.1) is 0 Å². The van der Waals surface area contributed by atoms with Crippen LogP contribution in [0.2, 0.25) is 0 Å². The molecule has 0 saturated carbocycles. The van der Waals surface area contributed by atoms with Gasteiger partial charge in [-0.25, -0.2) is 18.6 Å². The summed E-state index contributed by atoms with van der Waals surface area (Å²) in [5.41, 5.74) is 0.0457. The van der Waals surface area contributed by atoms with E-state index >= 15 is 0 Å². The number of carbonyl (C=O) groups is 1. The average Bonchev–Trinajstić information content (AvgIpc) is 2.80. The fourth-order valence-corrected chi connectivity index (χ4v) is 2.01. The van der Waals surface area contributed by atoms with E-state index in [0.29, 0.717) is 5.65 Å². The van der Waals surface area contributed by atoms with Gasteiger partial charge < -0.3 is 10.4 Å². The largest absolute Gasteiger partial charge is 0.476 e. The van der Waals surface area contributed by atoms with Crippen molar-refractivity contribution in [2.75, 3.05) is 5.32 Å². The minimum Gasteiger partial charge on any atom is -0.476 e. The van der Waals surface area contributed by atoms with Gasteiger partial charge in [0.25, 0.3) is 0 Å². The first-order valence-corrected chi connectivity index (χ1v) is 5.99. The summed E-state index contributed by atoms with van der Waals surface area (Å²) >= 11 is 0. The summed E-state index contributed by atoms with van der Waals surface area (Å²) in [5, 5.41) is 11.8. The number of halogens is 2. The summed E-state index contributed by atoms with van der Waals surface area (Å²) < 4.78 is 28.1. The zero-order valence-electron chi connectivity index (χ0n) is 10.5. The third kappa shape index (κ3) is 2.29. The predicted octanol–water partition coefficient (Wildman–Crippen LogP) is 3.05. The number of nitrogens with one attached hydrogen (secondary N) is 1. The highest BCUT2D eigenvalue weighted by atomic mass is 19.1. The van der Waals surface area contributed by atoms with Crippen LogP contribution in [0.5, 0.6) is 0 Å². The average molecular weight is 289 g/mol. The van der Waals surface area contributed by atoms with Crippen molar-refractivity contribution in [1.29, 1.82) is 0 Å². The van der Waals surface area contributed by atoms with Crippen molar-refractivity contribution < 1.29 is 18.7 Å². The van der Waals surface area contributed by atoms with E-state index in [1.54, 1.807) is 18.2 Å². The first-order valence-electron chi connectivity index (χ1n) is 5.99. The van der Waals surface area contributed by atoms with E-state index in [9.17, 15) is 18.7 Å². The lowest BCUT2D eigenvalue weighted by Crippen LogP contribution is -2.06. The van der Waals surface area contributed by atoms with E-state index in [1.807, 2.05) is 0 Å². The van der Waals surface area contributed by atoms with Gasteiger partial charge in [0.1, 0.15) is 17.3 Å². The topological polar surface area (TPSA) is 66.6 Å². The number of benzene rings is 1. The summed E-state index contributed by atoms with van der Waals surface area (Å²) in [6.45, 7) is 0. The molecule has 21 heavy (non-hydrogen) atoms. The van der Waals surface area contributed by atoms with Crippen molar-refractivity contribution >= 4 is 23.1 Å². The number of fused-ring (bicyclic) bond motifs is 1. The molecule has 3 rings (SSSR count). The Morgan fingerprint density at radius 1 is 1.24 bits per heavy atom. The van der Waals surface area contributed by atoms with Crippen LogP contribution in [-0.4, -0.2) is 20.5 Å². The number of hydrogen-bond acceptors (Lipinski definition) is 3. The molecule has 7 heteroatoms. The Balaban J connectivity index is 2.14. The number of imidazole rings is 1. The van der Waals surface area contributed by atoms with E-state index in [1.165, 1.54) is 10.6 Å². The lowest BCUT2D eigenvalue weighted by atomic mass is 10.3. The lowest BCUT2D eigenvalue weighted by molar-refractivity contribution is 0.0690. The van der Waals surface area contributed by atoms with E-state index in [-0.39, 0.29) is 17.2 Å². The molecule has 0 bridgehead atoms. The SMILES string of the molecule is O=C(O)c1c(Nc2cc(F)ccc2F)nc2ccccn12. The molecule has 2 N–H and O–H groups in total. The molecule has 2 heterocycles. The van der Waals surface area contributed by atoms with Crippen LogP contribution in [0.3, 0.4) is 0 Å². The highest BCUT2D eigenvalue weighted by molar-refractivity contribution is 5.93. The van der Waals surface area contributed by atoms with E-state index in [0.717, 1.165) is 18.2 Å². The normalized spacial score (nSPS) is 10.8. The molecule has 0 spiro atoms. The van der Waals surface area contributed by atoms with Crippen molar-refractivity contribution in [3.8, 4) is 0 Å². The lowest BCUT2D eigenvalue weighted by Gasteiger charge is -2.06. The molecule has 5 nitrogen and oxygen atoms in total. The smallest absolute Gasteiger partial charge is 0.356 e. The fraction of sp³-hybridized carbons (Fsp3) is 0. The molecule has 0 aliphatic carbocycles. The standard InChI is InChI=1S/C14H9F2N3O2/c15-8-4-5-9(16)10(7-8)17-13-12(14(20)21)19-6-2-1-3-11(19)18-13/h1-7,17H,(H,20,21). The van der Waals surface area contributed by atoms with Gasteiger partial charge in [-0.1, -0.05) is 6.07 Å². The maximum absolute atomic E-state index is 13.6. The number of aromatic carboxylic acids is 1. The van der Waals surface area contributed by atoms with Gasteiger partial charge in [0.15, 0.2) is 11.5 Å². The molecule has 0 aliphatic rings. The number of carboxylic acid groups (broad SMARTS) is 1. The number of rotatable bonds is 3. The number of hydrogen-bond donors (Lipinski definition) is 2. The number of anilines is 2. The number of pyridine rings is 1. The van der Waals surface area contributed by atoms with Crippen LogP contribution in [0.4, 0.5) is 20.3 Å². The molecular weight excluding hydrogens is 280 g/mol. The van der Waals surface area contributed by atoms with Gasteiger partial charge in [0.2, 0.25) is 0 Å². The summed E-state index contributed by atoms with van der Waals surface area (Å²) in [6, 6.07) is 7.81. The van der Waals surface area contributed by atoms with E-state index in [2.05, 4.69) is 10.3 Å². The van der Waals surface area contributed by atoms with Crippen LogP contribution >= 0.6 is 0 Å². The van der Waals surface area contributed by atoms with Crippen molar-refractivity contribution in [1.82, 2.24) is 9.38 Å². The first kappa shape index (κ1) is 13.0. The van der Waals surface area contributed by atoms with Crippen LogP contribution in [0, 0.1) is 11.6 Å². The molecule has 0 radical (unpaired) electrons. The Morgan fingerprint density at radius 3 is 2.81 bits per heavy atom. The Kier molecular flexibility index (Phi) is 3.02. The third-order valence-electron chi connectivity index (χ3n) is 2.91. The zero-order chi connectivity index (χ0) is 15.0. The highest BCUT2D eigenvalue weighted by Gasteiger charge is 2.19. The van der Waals surface area contributed by atoms with Gasteiger partial charge in [-0.2, -0.15) is 0 Å². The molecular formula is C14H9F2N3O2. The first-order chi connectivity index (χ1) is 10.1. The maximum atomic E-state index is 13.6. The molecule has 0 saturated heterocycles. The molecule has 0 unspecified atom stereocenters. The molecule has 0 amide bonds. The summed E-state index contributed by atoms with van der Waals surface area (Å²) in [6.07, 6.45) is 1.53. The quantitative estimate of drug-likeness (QED) is 0.777. The molecule has 0 fully saturated rings. The minimum absolute atomic E-state index is 0.0572. The predicted molar refractivity (Wildman–Crippen MR) is 71.8 cm³/mol. The Hall–Kier alpha value is -2.96. The molecule has 0 atom stereocenters. The Morgan fingerprint density at radius 2 is 2.05 bits per heavy atom. The van der Waals surface area contributed by atoms with Crippen LogP contribution in [-0.2, 0) is 0 Å². The summed E-state index contributed by atoms with van der Waals surface area (Å²) in [7, 11) is 0. The Bertz CT molecular complexity index is 845. The summed E-state index contributed by atoms with van der Waals surface area (Å²) in [4.78, 5) is 15.5. The van der Waals surface area contributed by atoms with Crippen LogP contribution in [0.1, 0.15) is 10.5 Å². The highest BCUT2D eigenvalue weighted by Crippen LogP contribution is 2.24. The summed E-state index contributed by atoms with van der Waals surface area (Å²) in [5.74, 6) is -2.63. The number of aromatic nitrogens is 2. The van der Waals surface area contributed by atoms with Crippen LogP contribution < -0.4 is 5.32 Å². The molecule has 2 aromatic heterocycles. The van der Waals surface area contributed by atoms with Crippen molar-refractivity contribution in [2.24, 2.45) is 0 Å². The second-order valence-corrected chi connectivity index (χ2v) is 4.29.